The lowest BCUT2D eigenvalue weighted by Crippen LogP contribution is -2.40. The zero-order valence-electron chi connectivity index (χ0n) is 24.0. The Hall–Kier alpha value is -4.38. The lowest BCUT2D eigenvalue weighted by Gasteiger charge is -2.25. The summed E-state index contributed by atoms with van der Waals surface area (Å²) in [4.78, 5) is 44.0. The molecular formula is C30H32N2O8S. The molecule has 0 radical (unpaired) electrons. The standard InChI is InChI=1S/C30H32N2O8S/c1-16(2)15-39-29(35)26-17(3)31-30-32(27(26)20-9-11-22(40-18(4)33)24(14-20)38-7)28(34)25(41-30)13-19-8-10-21(36-5)23(12-19)37-6/h8-14,16,27H,15H2,1-7H3. The SMILES string of the molecule is COc1ccc(C=c2sc3n(c2=O)C(c2ccc(OC(C)=O)c(OC)c2)C(C(=O)OCC(C)C)=C(C)N=3)cc1OC. The van der Waals surface area contributed by atoms with Crippen LogP contribution in [0.5, 0.6) is 23.0 Å². The molecule has 1 aliphatic heterocycles. The van der Waals surface area contributed by atoms with E-state index < -0.39 is 18.0 Å². The molecule has 216 valence electrons. The maximum atomic E-state index is 13.9. The minimum Gasteiger partial charge on any atom is -0.493 e. The highest BCUT2D eigenvalue weighted by atomic mass is 32.1. The van der Waals surface area contributed by atoms with Crippen molar-refractivity contribution in [2.45, 2.75) is 33.7 Å². The number of aromatic nitrogens is 1. The predicted octanol–water partition coefficient (Wildman–Crippen LogP) is 3.39. The van der Waals surface area contributed by atoms with Crippen molar-refractivity contribution in [3.05, 3.63) is 78.5 Å². The third kappa shape index (κ3) is 6.19. The van der Waals surface area contributed by atoms with Crippen molar-refractivity contribution in [1.82, 2.24) is 4.57 Å². The molecule has 3 aromatic rings. The lowest BCUT2D eigenvalue weighted by molar-refractivity contribution is -0.140. The molecule has 0 saturated carbocycles. The van der Waals surface area contributed by atoms with E-state index in [2.05, 4.69) is 4.99 Å². The third-order valence-electron chi connectivity index (χ3n) is 6.25. The summed E-state index contributed by atoms with van der Waals surface area (Å²) in [6.07, 6.45) is 1.74. The van der Waals surface area contributed by atoms with Crippen LogP contribution >= 0.6 is 11.3 Å². The number of hydrogen-bond donors (Lipinski definition) is 0. The van der Waals surface area contributed by atoms with Gasteiger partial charge in [0.2, 0.25) is 0 Å². The lowest BCUT2D eigenvalue weighted by atomic mass is 9.95. The number of carbonyl (C=O) groups is 2. The number of benzene rings is 2. The van der Waals surface area contributed by atoms with Gasteiger partial charge in [0.25, 0.3) is 5.56 Å². The molecule has 2 heterocycles. The van der Waals surface area contributed by atoms with Gasteiger partial charge in [-0.25, -0.2) is 9.79 Å². The Morgan fingerprint density at radius 3 is 2.29 bits per heavy atom. The van der Waals surface area contributed by atoms with Crippen molar-refractivity contribution in [3.8, 4) is 23.0 Å². The van der Waals surface area contributed by atoms with Crippen molar-refractivity contribution in [1.29, 1.82) is 0 Å². The molecule has 11 heteroatoms. The van der Waals surface area contributed by atoms with E-state index in [0.29, 0.717) is 32.1 Å². The zero-order chi connectivity index (χ0) is 29.8. The minimum atomic E-state index is -0.862. The molecule has 0 spiro atoms. The first-order chi connectivity index (χ1) is 19.6. The van der Waals surface area contributed by atoms with E-state index in [-0.39, 0.29) is 35.2 Å². The Labute approximate surface area is 241 Å². The number of allylic oxidation sites excluding steroid dienone is 1. The van der Waals surface area contributed by atoms with Gasteiger partial charge in [0.05, 0.1) is 49.8 Å². The molecule has 1 aromatic heterocycles. The van der Waals surface area contributed by atoms with Crippen LogP contribution < -0.4 is 33.8 Å². The third-order valence-corrected chi connectivity index (χ3v) is 7.23. The maximum absolute atomic E-state index is 13.9. The molecule has 2 aromatic carbocycles. The Balaban J connectivity index is 1.92. The molecule has 1 unspecified atom stereocenters. The molecule has 4 rings (SSSR count). The van der Waals surface area contributed by atoms with Crippen LogP contribution in [-0.2, 0) is 14.3 Å². The van der Waals surface area contributed by atoms with Crippen LogP contribution in [0.3, 0.4) is 0 Å². The summed E-state index contributed by atoms with van der Waals surface area (Å²) in [7, 11) is 4.54. The molecule has 0 fully saturated rings. The fraction of sp³-hybridized carbons (Fsp3) is 0.333. The highest BCUT2D eigenvalue weighted by Crippen LogP contribution is 2.36. The Morgan fingerprint density at radius 2 is 1.66 bits per heavy atom. The van der Waals surface area contributed by atoms with Gasteiger partial charge in [-0.15, -0.1) is 0 Å². The van der Waals surface area contributed by atoms with Gasteiger partial charge >= 0.3 is 11.9 Å². The molecule has 1 atom stereocenters. The monoisotopic (exact) mass is 580 g/mol. The van der Waals surface area contributed by atoms with E-state index in [1.54, 1.807) is 57.6 Å². The number of nitrogens with zero attached hydrogens (tertiary/aromatic N) is 2. The first-order valence-electron chi connectivity index (χ1n) is 12.9. The van der Waals surface area contributed by atoms with Gasteiger partial charge in [-0.1, -0.05) is 37.3 Å². The van der Waals surface area contributed by atoms with Crippen molar-refractivity contribution in [3.63, 3.8) is 0 Å². The molecule has 0 saturated heterocycles. The topological polar surface area (TPSA) is 115 Å². The largest absolute Gasteiger partial charge is 0.493 e. The number of methoxy groups -OCH3 is 3. The van der Waals surface area contributed by atoms with E-state index in [4.69, 9.17) is 23.7 Å². The van der Waals surface area contributed by atoms with E-state index in [1.165, 1.54) is 29.9 Å². The molecular weight excluding hydrogens is 548 g/mol. The van der Waals surface area contributed by atoms with Gasteiger partial charge in [-0.2, -0.15) is 0 Å². The van der Waals surface area contributed by atoms with E-state index in [9.17, 15) is 14.4 Å². The number of hydrogen-bond acceptors (Lipinski definition) is 10. The average molecular weight is 581 g/mol. The van der Waals surface area contributed by atoms with Crippen LogP contribution in [0.15, 0.2) is 57.5 Å². The maximum Gasteiger partial charge on any atom is 0.338 e. The summed E-state index contributed by atoms with van der Waals surface area (Å²) in [6, 6.07) is 9.38. The highest BCUT2D eigenvalue weighted by Gasteiger charge is 2.34. The number of fused-ring (bicyclic) bond motifs is 1. The van der Waals surface area contributed by atoms with E-state index in [0.717, 1.165) is 5.56 Å². The summed E-state index contributed by atoms with van der Waals surface area (Å²) in [6.45, 7) is 7.09. The number of rotatable bonds is 9. The van der Waals surface area contributed by atoms with Gasteiger partial charge < -0.3 is 23.7 Å². The summed E-state index contributed by atoms with van der Waals surface area (Å²) < 4.78 is 29.0. The number of ether oxygens (including phenoxy) is 5. The van der Waals surface area contributed by atoms with Crippen LogP contribution in [0.2, 0.25) is 0 Å². The summed E-state index contributed by atoms with van der Waals surface area (Å²) in [5, 5.41) is 0. The summed E-state index contributed by atoms with van der Waals surface area (Å²) in [5.41, 5.74) is 1.62. The average Bonchev–Trinajstić information content (AvgIpc) is 3.24. The fourth-order valence-electron chi connectivity index (χ4n) is 4.41. The van der Waals surface area contributed by atoms with Crippen molar-refractivity contribution >= 4 is 29.4 Å². The van der Waals surface area contributed by atoms with Crippen molar-refractivity contribution in [2.75, 3.05) is 27.9 Å². The molecule has 1 aliphatic rings. The zero-order valence-corrected chi connectivity index (χ0v) is 24.8. The van der Waals surface area contributed by atoms with Crippen molar-refractivity contribution < 1.29 is 33.3 Å². The highest BCUT2D eigenvalue weighted by molar-refractivity contribution is 7.07. The molecule has 0 amide bonds. The van der Waals surface area contributed by atoms with Crippen LogP contribution in [-0.4, -0.2) is 44.4 Å². The first kappa shape index (κ1) is 29.6. The van der Waals surface area contributed by atoms with Gasteiger partial charge in [0, 0.05) is 6.92 Å². The van der Waals surface area contributed by atoms with E-state index in [1.807, 2.05) is 19.9 Å². The second kappa shape index (κ2) is 12.4. The van der Waals surface area contributed by atoms with Gasteiger partial charge in [-0.05, 0) is 54.3 Å². The van der Waals surface area contributed by atoms with Gasteiger partial charge in [0.1, 0.15) is 0 Å². The second-order valence-electron chi connectivity index (χ2n) is 9.69. The number of thiazole rings is 1. The van der Waals surface area contributed by atoms with Gasteiger partial charge in [-0.3, -0.25) is 14.2 Å². The minimum absolute atomic E-state index is 0.115. The Kier molecular flexibility index (Phi) is 8.97. The summed E-state index contributed by atoms with van der Waals surface area (Å²) >= 11 is 1.21. The fourth-order valence-corrected chi connectivity index (χ4v) is 5.45. The Bertz CT molecular complexity index is 1700. The Morgan fingerprint density at radius 1 is 1.00 bits per heavy atom. The number of esters is 2. The number of carbonyl (C=O) groups excluding carboxylic acids is 2. The molecule has 0 bridgehead atoms. The molecule has 0 N–H and O–H groups in total. The predicted molar refractivity (Wildman–Crippen MR) is 153 cm³/mol. The smallest absolute Gasteiger partial charge is 0.338 e. The van der Waals surface area contributed by atoms with Gasteiger partial charge in [0.15, 0.2) is 27.8 Å². The molecule has 10 nitrogen and oxygen atoms in total. The quantitative estimate of drug-likeness (QED) is 0.280. The van der Waals surface area contributed by atoms with Crippen LogP contribution in [0.1, 0.15) is 44.9 Å². The summed E-state index contributed by atoms with van der Waals surface area (Å²) in [5.74, 6) is 0.624. The molecule has 0 aliphatic carbocycles. The molecule has 41 heavy (non-hydrogen) atoms. The van der Waals surface area contributed by atoms with Crippen molar-refractivity contribution in [2.24, 2.45) is 10.9 Å². The van der Waals surface area contributed by atoms with Crippen LogP contribution in [0.25, 0.3) is 6.08 Å². The first-order valence-corrected chi connectivity index (χ1v) is 13.7. The van der Waals surface area contributed by atoms with Crippen LogP contribution in [0.4, 0.5) is 0 Å². The normalized spacial score (nSPS) is 14.8. The van der Waals surface area contributed by atoms with E-state index >= 15 is 0 Å². The second-order valence-corrected chi connectivity index (χ2v) is 10.7. The van der Waals surface area contributed by atoms with Crippen LogP contribution in [0, 0.1) is 5.92 Å².